The molecule has 1 heterocycles. The van der Waals surface area contributed by atoms with Gasteiger partial charge in [-0.2, -0.15) is 0 Å². The van der Waals surface area contributed by atoms with E-state index in [0.717, 1.165) is 0 Å². The monoisotopic (exact) mass is 173 g/mol. The molecule has 3 atom stereocenters. The second kappa shape index (κ2) is 4.00. The van der Waals surface area contributed by atoms with Crippen LogP contribution in [0.5, 0.6) is 0 Å². The van der Waals surface area contributed by atoms with Crippen LogP contribution in [0.3, 0.4) is 0 Å². The van der Waals surface area contributed by atoms with Gasteiger partial charge < -0.3 is 14.9 Å². The number of nitrogens with zero attached hydrogens (tertiary/aromatic N) is 1. The van der Waals surface area contributed by atoms with Gasteiger partial charge in [-0.3, -0.25) is 4.90 Å². The standard InChI is InChI=1S/C8H15NO3/c1-3-4-9-5-12-8(11)7(10)6(9)2/h3,6-8,10-11H,1,4-5H2,2H3. The third kappa shape index (κ3) is 1.84. The number of rotatable bonds is 2. The number of ether oxygens (including phenoxy) is 1. The Bertz CT molecular complexity index is 162. The number of hydrogen-bond donors (Lipinski definition) is 2. The maximum absolute atomic E-state index is 9.39. The molecule has 1 aliphatic rings. The zero-order chi connectivity index (χ0) is 9.14. The number of aliphatic hydroxyl groups is 2. The Balaban J connectivity index is 2.52. The fraction of sp³-hybridized carbons (Fsp3) is 0.750. The van der Waals surface area contributed by atoms with Gasteiger partial charge in [-0.05, 0) is 6.92 Å². The summed E-state index contributed by atoms with van der Waals surface area (Å²) in [6, 6.07) is -0.0910. The predicted molar refractivity (Wildman–Crippen MR) is 44.3 cm³/mol. The first-order chi connectivity index (χ1) is 5.66. The van der Waals surface area contributed by atoms with Gasteiger partial charge in [0.1, 0.15) is 12.8 Å². The van der Waals surface area contributed by atoms with Crippen LogP contribution in [0.15, 0.2) is 12.7 Å². The van der Waals surface area contributed by atoms with Gasteiger partial charge in [-0.25, -0.2) is 0 Å². The highest BCUT2D eigenvalue weighted by Gasteiger charge is 2.32. The second-order valence-electron chi connectivity index (χ2n) is 2.98. The summed E-state index contributed by atoms with van der Waals surface area (Å²) in [5, 5.41) is 18.5. The first-order valence-electron chi connectivity index (χ1n) is 3.99. The molecule has 0 amide bonds. The van der Waals surface area contributed by atoms with Crippen molar-refractivity contribution in [3.05, 3.63) is 12.7 Å². The predicted octanol–water partition coefficient (Wildman–Crippen LogP) is -0.470. The average Bonchev–Trinajstić information content (AvgIpc) is 2.07. The topological polar surface area (TPSA) is 52.9 Å². The van der Waals surface area contributed by atoms with Crippen molar-refractivity contribution in [2.75, 3.05) is 13.3 Å². The van der Waals surface area contributed by atoms with Crippen LogP contribution in [0.25, 0.3) is 0 Å². The van der Waals surface area contributed by atoms with E-state index < -0.39 is 12.4 Å². The fourth-order valence-electron chi connectivity index (χ4n) is 1.23. The van der Waals surface area contributed by atoms with E-state index in [4.69, 9.17) is 9.84 Å². The molecule has 0 aromatic rings. The smallest absolute Gasteiger partial charge is 0.184 e. The van der Waals surface area contributed by atoms with Crippen LogP contribution < -0.4 is 0 Å². The average molecular weight is 173 g/mol. The van der Waals surface area contributed by atoms with Crippen molar-refractivity contribution in [2.45, 2.75) is 25.4 Å². The lowest BCUT2D eigenvalue weighted by Gasteiger charge is -2.38. The third-order valence-electron chi connectivity index (χ3n) is 2.14. The minimum atomic E-state index is -1.05. The van der Waals surface area contributed by atoms with E-state index in [1.165, 1.54) is 0 Å². The lowest BCUT2D eigenvalue weighted by molar-refractivity contribution is -0.238. The summed E-state index contributed by atoms with van der Waals surface area (Å²) in [4.78, 5) is 1.89. The molecule has 0 spiro atoms. The summed E-state index contributed by atoms with van der Waals surface area (Å²) in [5.74, 6) is 0. The molecule has 0 saturated carbocycles. The number of aliphatic hydroxyl groups excluding tert-OH is 2. The SMILES string of the molecule is C=CCN1COC(O)C(O)C1C. The molecule has 0 aromatic heterocycles. The van der Waals surface area contributed by atoms with Crippen molar-refractivity contribution >= 4 is 0 Å². The molecule has 70 valence electrons. The summed E-state index contributed by atoms with van der Waals surface area (Å²) >= 11 is 0. The molecule has 2 N–H and O–H groups in total. The van der Waals surface area contributed by atoms with E-state index in [1.54, 1.807) is 6.08 Å². The molecule has 4 nitrogen and oxygen atoms in total. The van der Waals surface area contributed by atoms with Gasteiger partial charge in [-0.15, -0.1) is 6.58 Å². The summed E-state index contributed by atoms with van der Waals surface area (Å²) in [5.41, 5.74) is 0. The molecule has 1 aliphatic heterocycles. The van der Waals surface area contributed by atoms with Crippen molar-refractivity contribution in [1.29, 1.82) is 0 Å². The van der Waals surface area contributed by atoms with E-state index in [2.05, 4.69) is 6.58 Å². The van der Waals surface area contributed by atoms with E-state index >= 15 is 0 Å². The summed E-state index contributed by atoms with van der Waals surface area (Å²) in [7, 11) is 0. The van der Waals surface area contributed by atoms with Gasteiger partial charge >= 0.3 is 0 Å². The van der Waals surface area contributed by atoms with Crippen LogP contribution in [0.4, 0.5) is 0 Å². The second-order valence-corrected chi connectivity index (χ2v) is 2.98. The van der Waals surface area contributed by atoms with Crippen molar-refractivity contribution in [3.63, 3.8) is 0 Å². The van der Waals surface area contributed by atoms with Crippen molar-refractivity contribution in [3.8, 4) is 0 Å². The minimum Gasteiger partial charge on any atom is -0.386 e. The molecule has 1 saturated heterocycles. The normalized spacial score (nSPS) is 38.1. The Kier molecular flexibility index (Phi) is 3.22. The zero-order valence-electron chi connectivity index (χ0n) is 7.18. The molecular weight excluding hydrogens is 158 g/mol. The van der Waals surface area contributed by atoms with E-state index in [1.807, 2.05) is 11.8 Å². The van der Waals surface area contributed by atoms with Crippen molar-refractivity contribution < 1.29 is 14.9 Å². The Labute approximate surface area is 72.1 Å². The lowest BCUT2D eigenvalue weighted by atomic mass is 10.1. The summed E-state index contributed by atoms with van der Waals surface area (Å²) in [6.45, 7) is 6.44. The first kappa shape index (κ1) is 9.67. The quantitative estimate of drug-likeness (QED) is 0.554. The molecule has 0 aliphatic carbocycles. The van der Waals surface area contributed by atoms with Gasteiger partial charge in [0.15, 0.2) is 6.29 Å². The molecular formula is C8H15NO3. The number of hydrogen-bond acceptors (Lipinski definition) is 4. The van der Waals surface area contributed by atoms with Crippen molar-refractivity contribution in [2.24, 2.45) is 0 Å². The molecule has 1 fully saturated rings. The van der Waals surface area contributed by atoms with Gasteiger partial charge in [0.05, 0.1) is 0 Å². The molecule has 0 radical (unpaired) electrons. The van der Waals surface area contributed by atoms with Crippen LogP contribution in [-0.2, 0) is 4.74 Å². The molecule has 12 heavy (non-hydrogen) atoms. The van der Waals surface area contributed by atoms with Crippen LogP contribution >= 0.6 is 0 Å². The Hall–Kier alpha value is -0.420. The molecule has 0 aromatic carbocycles. The van der Waals surface area contributed by atoms with E-state index in [0.29, 0.717) is 13.3 Å². The molecule has 1 rings (SSSR count). The molecule has 0 bridgehead atoms. The minimum absolute atomic E-state index is 0.0910. The van der Waals surface area contributed by atoms with Gasteiger partial charge in [0.25, 0.3) is 0 Å². The highest BCUT2D eigenvalue weighted by Crippen LogP contribution is 2.15. The summed E-state index contributed by atoms with van der Waals surface area (Å²) < 4.78 is 4.91. The Morgan fingerprint density at radius 3 is 2.92 bits per heavy atom. The van der Waals surface area contributed by atoms with E-state index in [-0.39, 0.29) is 6.04 Å². The maximum Gasteiger partial charge on any atom is 0.184 e. The van der Waals surface area contributed by atoms with Crippen molar-refractivity contribution in [1.82, 2.24) is 4.90 Å². The maximum atomic E-state index is 9.39. The first-order valence-corrected chi connectivity index (χ1v) is 3.99. The van der Waals surface area contributed by atoms with Gasteiger partial charge in [0.2, 0.25) is 0 Å². The van der Waals surface area contributed by atoms with Crippen LogP contribution in [-0.4, -0.2) is 46.8 Å². The van der Waals surface area contributed by atoms with Crippen LogP contribution in [0.1, 0.15) is 6.92 Å². The van der Waals surface area contributed by atoms with Crippen LogP contribution in [0.2, 0.25) is 0 Å². The summed E-state index contributed by atoms with van der Waals surface area (Å²) in [6.07, 6.45) is -0.149. The zero-order valence-corrected chi connectivity index (χ0v) is 7.18. The fourth-order valence-corrected chi connectivity index (χ4v) is 1.23. The third-order valence-corrected chi connectivity index (χ3v) is 2.14. The highest BCUT2D eigenvalue weighted by molar-refractivity contribution is 4.83. The lowest BCUT2D eigenvalue weighted by Crippen LogP contribution is -2.54. The highest BCUT2D eigenvalue weighted by atomic mass is 16.6. The van der Waals surface area contributed by atoms with Crippen LogP contribution in [0, 0.1) is 0 Å². The van der Waals surface area contributed by atoms with Gasteiger partial charge in [-0.1, -0.05) is 6.08 Å². The van der Waals surface area contributed by atoms with Gasteiger partial charge in [0, 0.05) is 12.6 Å². The Morgan fingerprint density at radius 1 is 1.67 bits per heavy atom. The Morgan fingerprint density at radius 2 is 2.33 bits per heavy atom. The van der Waals surface area contributed by atoms with E-state index in [9.17, 15) is 5.11 Å². The molecule has 4 heteroatoms. The molecule has 3 unspecified atom stereocenters. The largest absolute Gasteiger partial charge is 0.386 e.